The number of nitrogens with zero attached hydrogens (tertiary/aromatic N) is 2. The molecule has 0 bridgehead atoms. The number of likely N-dealkylation sites (tertiary alicyclic amines) is 1. The van der Waals surface area contributed by atoms with Crippen LogP contribution in [0.5, 0.6) is 0 Å². The van der Waals surface area contributed by atoms with Crippen LogP contribution in [0, 0.1) is 17.6 Å². The molecule has 1 aliphatic heterocycles. The normalized spacial score (nSPS) is 19.8. The van der Waals surface area contributed by atoms with Gasteiger partial charge < -0.3 is 10.0 Å². The van der Waals surface area contributed by atoms with Crippen molar-refractivity contribution in [2.75, 3.05) is 19.6 Å². The molecule has 2 heterocycles. The number of pyridine rings is 1. The van der Waals surface area contributed by atoms with Gasteiger partial charge in [0.05, 0.1) is 11.8 Å². The summed E-state index contributed by atoms with van der Waals surface area (Å²) in [5.41, 5.74) is 5.51. The zero-order chi connectivity index (χ0) is 23.7. The van der Waals surface area contributed by atoms with Crippen LogP contribution in [0.2, 0.25) is 5.02 Å². The first-order valence-corrected chi connectivity index (χ1v) is 12.4. The average molecular weight is 483 g/mol. The van der Waals surface area contributed by atoms with E-state index in [1.165, 1.54) is 34.5 Å². The number of hydrogen-bond acceptors (Lipinski definition) is 3. The summed E-state index contributed by atoms with van der Waals surface area (Å²) in [5.74, 6) is -0.506. The number of piperidine rings is 1. The third-order valence-electron chi connectivity index (χ3n) is 7.37. The highest BCUT2D eigenvalue weighted by Crippen LogP contribution is 2.42. The van der Waals surface area contributed by atoms with Gasteiger partial charge in [0, 0.05) is 36.2 Å². The van der Waals surface area contributed by atoms with Gasteiger partial charge in [-0.1, -0.05) is 29.8 Å². The van der Waals surface area contributed by atoms with Gasteiger partial charge in [0.15, 0.2) is 0 Å². The van der Waals surface area contributed by atoms with E-state index in [4.69, 9.17) is 16.6 Å². The van der Waals surface area contributed by atoms with E-state index < -0.39 is 17.7 Å². The van der Waals surface area contributed by atoms with Crippen molar-refractivity contribution < 1.29 is 13.9 Å². The van der Waals surface area contributed by atoms with E-state index in [-0.39, 0.29) is 12.3 Å². The smallest absolute Gasteiger partial charge is 0.129 e. The molecule has 3 nitrogen and oxygen atoms in total. The zero-order valence-electron chi connectivity index (χ0n) is 19.1. The Balaban J connectivity index is 1.28. The highest BCUT2D eigenvalue weighted by molar-refractivity contribution is 6.30. The van der Waals surface area contributed by atoms with Gasteiger partial charge >= 0.3 is 0 Å². The molecule has 0 spiro atoms. The minimum atomic E-state index is -0.695. The van der Waals surface area contributed by atoms with E-state index in [0.717, 1.165) is 49.9 Å². The second kappa shape index (κ2) is 10.1. The Hall–Kier alpha value is -2.34. The molecular formula is C28H29ClF2N2O. The maximum atomic E-state index is 14.0. The standard InChI is InChI=1S/C28H29ClF2N2O/c29-22-6-8-25-20(14-22)4-3-19-2-1-11-32-28(19)27(25)18-9-12-33(13-10-18)17-24(34)15-21-5-7-23(30)16-26(21)31/h1-2,5-8,11,14,16,18,24,27,34H,3-4,9-10,12-13,15,17H2. The predicted octanol–water partition coefficient (Wildman–Crippen LogP) is 5.56. The van der Waals surface area contributed by atoms with Crippen molar-refractivity contribution in [2.45, 2.75) is 44.1 Å². The van der Waals surface area contributed by atoms with Crippen LogP contribution in [-0.2, 0) is 19.3 Å². The number of aliphatic hydroxyl groups is 1. The Morgan fingerprint density at radius 2 is 1.82 bits per heavy atom. The van der Waals surface area contributed by atoms with Gasteiger partial charge in [-0.05, 0) is 91.2 Å². The van der Waals surface area contributed by atoms with E-state index in [1.54, 1.807) is 0 Å². The van der Waals surface area contributed by atoms with E-state index in [9.17, 15) is 13.9 Å². The quantitative estimate of drug-likeness (QED) is 0.517. The van der Waals surface area contributed by atoms with Gasteiger partial charge in [0.2, 0.25) is 0 Å². The molecule has 5 rings (SSSR count). The lowest BCUT2D eigenvalue weighted by Gasteiger charge is -2.37. The third-order valence-corrected chi connectivity index (χ3v) is 7.60. The lowest BCUT2D eigenvalue weighted by Crippen LogP contribution is -2.41. The summed E-state index contributed by atoms with van der Waals surface area (Å²) in [6.45, 7) is 2.22. The fourth-order valence-electron chi connectivity index (χ4n) is 5.70. The number of aryl methyl sites for hydroxylation is 2. The lowest BCUT2D eigenvalue weighted by molar-refractivity contribution is 0.0862. The van der Waals surface area contributed by atoms with Gasteiger partial charge in [-0.2, -0.15) is 0 Å². The van der Waals surface area contributed by atoms with Crippen molar-refractivity contribution >= 4 is 11.6 Å². The summed E-state index contributed by atoms with van der Waals surface area (Å²) in [6.07, 6.45) is 5.32. The van der Waals surface area contributed by atoms with Crippen molar-refractivity contribution in [3.63, 3.8) is 0 Å². The summed E-state index contributed by atoms with van der Waals surface area (Å²) in [6, 6.07) is 14.0. The molecule has 6 heteroatoms. The molecule has 0 saturated carbocycles. The number of hydrogen-bond donors (Lipinski definition) is 1. The highest BCUT2D eigenvalue weighted by Gasteiger charge is 2.34. The Kier molecular flexibility index (Phi) is 6.96. The van der Waals surface area contributed by atoms with Gasteiger partial charge in [0.25, 0.3) is 0 Å². The molecule has 2 unspecified atom stereocenters. The van der Waals surface area contributed by atoms with Crippen LogP contribution in [0.25, 0.3) is 0 Å². The van der Waals surface area contributed by atoms with Crippen LogP contribution >= 0.6 is 11.6 Å². The van der Waals surface area contributed by atoms with Gasteiger partial charge in [0.1, 0.15) is 11.6 Å². The number of aliphatic hydroxyl groups excluding tert-OH is 1. The number of aromatic nitrogens is 1. The first-order valence-electron chi connectivity index (χ1n) is 12.0. The van der Waals surface area contributed by atoms with E-state index in [0.29, 0.717) is 18.0 Å². The topological polar surface area (TPSA) is 36.4 Å². The first kappa shape index (κ1) is 23.4. The fourth-order valence-corrected chi connectivity index (χ4v) is 5.90. The van der Waals surface area contributed by atoms with Crippen molar-refractivity contribution in [3.05, 3.63) is 99.3 Å². The molecule has 1 aromatic heterocycles. The number of rotatable bonds is 5. The Bertz CT molecular complexity index is 1160. The van der Waals surface area contributed by atoms with Crippen molar-refractivity contribution in [3.8, 4) is 0 Å². The molecule has 2 aliphatic rings. The zero-order valence-corrected chi connectivity index (χ0v) is 19.8. The highest BCUT2D eigenvalue weighted by atomic mass is 35.5. The average Bonchev–Trinajstić information content (AvgIpc) is 2.98. The minimum Gasteiger partial charge on any atom is -0.391 e. The lowest BCUT2D eigenvalue weighted by atomic mass is 9.76. The summed E-state index contributed by atoms with van der Waals surface area (Å²) in [4.78, 5) is 7.09. The maximum Gasteiger partial charge on any atom is 0.129 e. The maximum absolute atomic E-state index is 14.0. The molecule has 0 radical (unpaired) electrons. The largest absolute Gasteiger partial charge is 0.391 e. The molecule has 178 valence electrons. The SMILES string of the molecule is OC(Cc1ccc(F)cc1F)CN1CCC(C2c3ccc(Cl)cc3CCc3cccnc32)CC1. The van der Waals surface area contributed by atoms with E-state index in [1.807, 2.05) is 18.3 Å². The van der Waals surface area contributed by atoms with Crippen LogP contribution < -0.4 is 0 Å². The molecular weight excluding hydrogens is 454 g/mol. The second-order valence-electron chi connectivity index (χ2n) is 9.60. The molecule has 2 atom stereocenters. The molecule has 1 N–H and O–H groups in total. The number of β-amino-alcohol motifs (C(OH)–C–C–N with tert-alkyl or cyclic N) is 1. The predicted molar refractivity (Wildman–Crippen MR) is 130 cm³/mol. The molecule has 0 amide bonds. The van der Waals surface area contributed by atoms with Crippen molar-refractivity contribution in [1.29, 1.82) is 0 Å². The monoisotopic (exact) mass is 482 g/mol. The summed E-state index contributed by atoms with van der Waals surface area (Å²) in [7, 11) is 0. The van der Waals surface area contributed by atoms with Gasteiger partial charge in [-0.3, -0.25) is 4.98 Å². The first-order chi connectivity index (χ1) is 16.5. The second-order valence-corrected chi connectivity index (χ2v) is 10.0. The molecule has 1 aliphatic carbocycles. The number of halogens is 3. The molecule has 3 aromatic rings. The van der Waals surface area contributed by atoms with Crippen molar-refractivity contribution in [2.24, 2.45) is 5.92 Å². The van der Waals surface area contributed by atoms with Crippen LogP contribution in [0.1, 0.15) is 46.7 Å². The Morgan fingerprint density at radius 3 is 2.62 bits per heavy atom. The van der Waals surface area contributed by atoms with Crippen LogP contribution in [0.15, 0.2) is 54.7 Å². The number of fused-ring (bicyclic) bond motifs is 2. The van der Waals surface area contributed by atoms with Gasteiger partial charge in [-0.15, -0.1) is 0 Å². The Labute approximate surface area is 204 Å². The summed E-state index contributed by atoms with van der Waals surface area (Å²) in [5, 5.41) is 11.3. The van der Waals surface area contributed by atoms with Crippen LogP contribution in [-0.4, -0.2) is 40.7 Å². The molecule has 2 aromatic carbocycles. The van der Waals surface area contributed by atoms with Gasteiger partial charge in [-0.25, -0.2) is 8.78 Å². The van der Waals surface area contributed by atoms with E-state index >= 15 is 0 Å². The minimum absolute atomic E-state index is 0.181. The summed E-state index contributed by atoms with van der Waals surface area (Å²) < 4.78 is 27.1. The molecule has 1 saturated heterocycles. The summed E-state index contributed by atoms with van der Waals surface area (Å²) >= 11 is 6.33. The van der Waals surface area contributed by atoms with Crippen molar-refractivity contribution in [1.82, 2.24) is 9.88 Å². The van der Waals surface area contributed by atoms with Crippen LogP contribution in [0.4, 0.5) is 8.78 Å². The number of benzene rings is 2. The van der Waals surface area contributed by atoms with E-state index in [2.05, 4.69) is 23.1 Å². The fraction of sp³-hybridized carbons (Fsp3) is 0.393. The van der Waals surface area contributed by atoms with Crippen LogP contribution in [0.3, 0.4) is 0 Å². The molecule has 34 heavy (non-hydrogen) atoms. The third kappa shape index (κ3) is 5.02. The molecule has 1 fully saturated rings. The Morgan fingerprint density at radius 1 is 1.03 bits per heavy atom.